The first-order valence-electron chi connectivity index (χ1n) is 11.6. The van der Waals surface area contributed by atoms with Crippen LogP contribution in [0.1, 0.15) is 29.8 Å². The predicted octanol–water partition coefficient (Wildman–Crippen LogP) is 1.06. The van der Waals surface area contributed by atoms with Crippen molar-refractivity contribution >= 4 is 15.9 Å². The van der Waals surface area contributed by atoms with Crippen molar-refractivity contribution in [1.29, 1.82) is 0 Å². The molecule has 2 N–H and O–H groups in total. The molecule has 2 aliphatic heterocycles. The van der Waals surface area contributed by atoms with E-state index in [-0.39, 0.29) is 31.3 Å². The zero-order valence-electron chi connectivity index (χ0n) is 19.7. The van der Waals surface area contributed by atoms with Crippen molar-refractivity contribution in [3.63, 3.8) is 0 Å². The van der Waals surface area contributed by atoms with Crippen LogP contribution < -0.4 is 5.73 Å². The van der Waals surface area contributed by atoms with Crippen molar-refractivity contribution in [2.75, 3.05) is 12.8 Å². The average molecular weight is 520 g/mol. The molecular formula is C23H27F2N7O3S. The number of hydrogen-bond donors (Lipinski definition) is 1. The maximum absolute atomic E-state index is 14.9. The number of halogens is 2. The van der Waals surface area contributed by atoms with Gasteiger partial charge < -0.3 is 10.6 Å². The van der Waals surface area contributed by atoms with Crippen LogP contribution in [0.3, 0.4) is 0 Å². The summed E-state index contributed by atoms with van der Waals surface area (Å²) >= 11 is 0. The fraction of sp³-hybridized carbons (Fsp3) is 0.478. The largest absolute Gasteiger partial charge is 0.336 e. The van der Waals surface area contributed by atoms with E-state index in [1.54, 1.807) is 4.90 Å². The van der Waals surface area contributed by atoms with E-state index in [1.807, 2.05) is 0 Å². The van der Waals surface area contributed by atoms with Crippen molar-refractivity contribution in [3.05, 3.63) is 65.5 Å². The Morgan fingerprint density at radius 2 is 2.03 bits per heavy atom. The summed E-state index contributed by atoms with van der Waals surface area (Å²) in [5, 5.41) is 4.20. The maximum atomic E-state index is 14.9. The second-order valence-corrected chi connectivity index (χ2v) is 11.4. The van der Waals surface area contributed by atoms with E-state index >= 15 is 0 Å². The van der Waals surface area contributed by atoms with E-state index in [0.29, 0.717) is 30.9 Å². The van der Waals surface area contributed by atoms with Gasteiger partial charge in [0, 0.05) is 74.4 Å². The smallest absolute Gasteiger partial charge is 0.250 e. The lowest BCUT2D eigenvalue weighted by atomic mass is 9.80. The Morgan fingerprint density at radius 3 is 2.72 bits per heavy atom. The normalized spacial score (nSPS) is 26.9. The zero-order chi connectivity index (χ0) is 25.6. The lowest BCUT2D eigenvalue weighted by molar-refractivity contribution is -0.138. The number of rotatable bonds is 5. The van der Waals surface area contributed by atoms with Gasteiger partial charge in [-0.2, -0.15) is 9.19 Å². The van der Waals surface area contributed by atoms with Gasteiger partial charge in [-0.05, 0) is 18.6 Å². The van der Waals surface area contributed by atoms with Crippen LogP contribution in [0.25, 0.3) is 0 Å². The van der Waals surface area contributed by atoms with Gasteiger partial charge in [-0.25, -0.2) is 17.2 Å². The molecule has 10 nitrogen and oxygen atoms in total. The molecule has 2 aromatic rings. The molecule has 192 valence electrons. The minimum Gasteiger partial charge on any atom is -0.336 e. The van der Waals surface area contributed by atoms with Crippen molar-refractivity contribution < 1.29 is 22.0 Å². The molecule has 1 fully saturated rings. The van der Waals surface area contributed by atoms with Crippen LogP contribution in [0, 0.1) is 5.92 Å². The molecule has 2 aromatic heterocycles. The Hall–Kier alpha value is -3.03. The second-order valence-electron chi connectivity index (χ2n) is 9.58. The predicted molar refractivity (Wildman–Crippen MR) is 126 cm³/mol. The second kappa shape index (κ2) is 9.45. The number of nitrogens with two attached hydrogens (primary N) is 1. The fourth-order valence-corrected chi connectivity index (χ4v) is 5.93. The number of aromatic nitrogens is 4. The SMILES string of the molecule is CS(=O)(=O)n1cc2c(n1)CN(C1CC(N)[C@@H](C3CC(F)=CC=C3F)N(C(=O)Cc3cnccn3)C1)C2. The first-order valence-corrected chi connectivity index (χ1v) is 13.5. The van der Waals surface area contributed by atoms with Gasteiger partial charge in [-0.3, -0.25) is 19.7 Å². The number of carbonyl (C=O) groups excluding carboxylic acids is 1. The van der Waals surface area contributed by atoms with Crippen molar-refractivity contribution in [1.82, 2.24) is 29.0 Å². The monoisotopic (exact) mass is 519 g/mol. The van der Waals surface area contributed by atoms with Gasteiger partial charge in [0.2, 0.25) is 5.91 Å². The first-order chi connectivity index (χ1) is 17.1. The summed E-state index contributed by atoms with van der Waals surface area (Å²) in [6, 6.07) is -1.49. The molecule has 0 spiro atoms. The third-order valence-corrected chi connectivity index (χ3v) is 7.93. The quantitative estimate of drug-likeness (QED) is 0.621. The molecule has 13 heteroatoms. The maximum Gasteiger partial charge on any atom is 0.250 e. The van der Waals surface area contributed by atoms with Crippen LogP contribution in [-0.2, 0) is 34.3 Å². The number of likely N-dealkylation sites (tertiary alicyclic amines) is 1. The molecule has 36 heavy (non-hydrogen) atoms. The summed E-state index contributed by atoms with van der Waals surface area (Å²) in [7, 11) is -3.48. The van der Waals surface area contributed by atoms with Crippen LogP contribution in [0.15, 0.2) is 48.6 Å². The number of hydrogen-bond acceptors (Lipinski definition) is 8. The van der Waals surface area contributed by atoms with E-state index in [2.05, 4.69) is 20.0 Å². The third-order valence-electron chi connectivity index (χ3n) is 7.06. The van der Waals surface area contributed by atoms with Crippen molar-refractivity contribution in [2.24, 2.45) is 11.7 Å². The molecule has 1 aliphatic carbocycles. The Morgan fingerprint density at radius 1 is 1.22 bits per heavy atom. The summed E-state index contributed by atoms with van der Waals surface area (Å²) in [4.78, 5) is 25.3. The summed E-state index contributed by atoms with van der Waals surface area (Å²) in [5.41, 5.74) is 8.49. The summed E-state index contributed by atoms with van der Waals surface area (Å²) in [6.45, 7) is 1.12. The van der Waals surface area contributed by atoms with E-state index in [1.165, 1.54) is 24.8 Å². The van der Waals surface area contributed by atoms with Gasteiger partial charge >= 0.3 is 0 Å². The first kappa shape index (κ1) is 24.7. The summed E-state index contributed by atoms with van der Waals surface area (Å²) in [6.07, 6.45) is 9.56. The number of allylic oxidation sites excluding steroid dienone is 3. The lowest BCUT2D eigenvalue weighted by Gasteiger charge is -2.48. The van der Waals surface area contributed by atoms with Gasteiger partial charge in [-0.1, -0.05) is 0 Å². The average Bonchev–Trinajstić information content (AvgIpc) is 3.41. The van der Waals surface area contributed by atoms with Gasteiger partial charge in [0.05, 0.1) is 30.1 Å². The number of piperidine rings is 1. The van der Waals surface area contributed by atoms with Gasteiger partial charge in [0.25, 0.3) is 10.0 Å². The zero-order valence-corrected chi connectivity index (χ0v) is 20.5. The molecular weight excluding hydrogens is 492 g/mol. The number of amides is 1. The highest BCUT2D eigenvalue weighted by molar-refractivity contribution is 7.89. The summed E-state index contributed by atoms with van der Waals surface area (Å²) in [5.74, 6) is -2.11. The Labute approximate surface area is 207 Å². The van der Waals surface area contributed by atoms with Gasteiger partial charge in [0.1, 0.15) is 11.7 Å². The van der Waals surface area contributed by atoms with Gasteiger partial charge in [-0.15, -0.1) is 0 Å². The minimum atomic E-state index is -3.48. The third kappa shape index (κ3) is 4.82. The van der Waals surface area contributed by atoms with Crippen molar-refractivity contribution in [3.8, 4) is 0 Å². The molecule has 3 unspecified atom stereocenters. The molecule has 0 saturated carbocycles. The van der Waals surface area contributed by atoms with Crippen LogP contribution in [0.5, 0.6) is 0 Å². The topological polar surface area (TPSA) is 127 Å². The molecule has 1 saturated heterocycles. The lowest BCUT2D eigenvalue weighted by Crippen LogP contribution is -2.64. The van der Waals surface area contributed by atoms with E-state index in [4.69, 9.17) is 5.73 Å². The molecule has 0 radical (unpaired) electrons. The highest BCUT2D eigenvalue weighted by Gasteiger charge is 2.45. The Kier molecular flexibility index (Phi) is 6.47. The molecule has 5 rings (SSSR count). The Balaban J connectivity index is 1.39. The van der Waals surface area contributed by atoms with Gasteiger partial charge in [0.15, 0.2) is 0 Å². The van der Waals surface area contributed by atoms with Crippen LogP contribution in [0.2, 0.25) is 0 Å². The highest BCUT2D eigenvalue weighted by atomic mass is 32.2. The van der Waals surface area contributed by atoms with E-state index in [9.17, 15) is 22.0 Å². The van der Waals surface area contributed by atoms with Crippen LogP contribution in [0.4, 0.5) is 8.78 Å². The Bertz CT molecular complexity index is 1300. The molecule has 0 aromatic carbocycles. The van der Waals surface area contributed by atoms with E-state index < -0.39 is 39.7 Å². The number of carbonyl (C=O) groups is 1. The standard InChI is InChI=1S/C23H27F2N7O3S/c1-36(34,35)32-11-14-10-30(13-21(14)29-32)17-8-20(26)23(18-6-15(24)2-3-19(18)25)31(12-17)22(33)7-16-9-27-4-5-28-16/h2-5,9,11,17-18,20,23H,6-8,10,12-13,26H2,1H3/t17?,18?,20?,23-/m1/s1. The highest BCUT2D eigenvalue weighted by Crippen LogP contribution is 2.38. The molecule has 0 bridgehead atoms. The van der Waals surface area contributed by atoms with Crippen molar-refractivity contribution in [2.45, 2.75) is 50.5 Å². The fourth-order valence-electron chi connectivity index (χ4n) is 5.37. The minimum absolute atomic E-state index is 0.0403. The summed E-state index contributed by atoms with van der Waals surface area (Å²) < 4.78 is 53.6. The van der Waals surface area contributed by atoms with Crippen LogP contribution >= 0.6 is 0 Å². The number of nitrogens with zero attached hydrogens (tertiary/aromatic N) is 6. The van der Waals surface area contributed by atoms with E-state index in [0.717, 1.165) is 28.1 Å². The molecule has 3 aliphatic rings. The number of fused-ring (bicyclic) bond motifs is 1. The molecule has 4 heterocycles. The van der Waals surface area contributed by atoms with Crippen LogP contribution in [-0.4, -0.2) is 74.2 Å². The molecule has 4 atom stereocenters. The molecule has 1 amide bonds.